The lowest BCUT2D eigenvalue weighted by Gasteiger charge is -2.24. The van der Waals surface area contributed by atoms with Crippen LogP contribution in [0.4, 0.5) is 13.2 Å². The molecule has 2 aliphatic rings. The first-order valence-electron chi connectivity index (χ1n) is 9.86. The van der Waals surface area contributed by atoms with Crippen LogP contribution in [0.5, 0.6) is 0 Å². The summed E-state index contributed by atoms with van der Waals surface area (Å²) < 4.78 is 38.8. The highest BCUT2D eigenvalue weighted by atomic mass is 19.4. The number of hydrogen-bond acceptors (Lipinski definition) is 2. The third-order valence-corrected chi connectivity index (χ3v) is 5.91. The van der Waals surface area contributed by atoms with E-state index in [4.69, 9.17) is 0 Å². The van der Waals surface area contributed by atoms with E-state index in [0.717, 1.165) is 58.5 Å². The third-order valence-electron chi connectivity index (χ3n) is 5.91. The normalized spacial score (nSPS) is 15.5. The molecule has 0 saturated carbocycles. The molecular formula is C24H19F3N2O. The fourth-order valence-corrected chi connectivity index (χ4v) is 4.39. The Labute approximate surface area is 171 Å². The van der Waals surface area contributed by atoms with Gasteiger partial charge in [0, 0.05) is 18.7 Å². The van der Waals surface area contributed by atoms with Gasteiger partial charge in [0.05, 0.1) is 5.56 Å². The fourth-order valence-electron chi connectivity index (χ4n) is 4.39. The number of rotatable bonds is 2. The molecule has 3 aromatic carbocycles. The van der Waals surface area contributed by atoms with Gasteiger partial charge >= 0.3 is 6.18 Å². The lowest BCUT2D eigenvalue weighted by molar-refractivity contribution is -0.137. The van der Waals surface area contributed by atoms with Gasteiger partial charge in [-0.15, -0.1) is 0 Å². The summed E-state index contributed by atoms with van der Waals surface area (Å²) in [5, 5.41) is 6.24. The van der Waals surface area contributed by atoms with Crippen molar-refractivity contribution in [3.63, 3.8) is 0 Å². The van der Waals surface area contributed by atoms with Gasteiger partial charge in [0.15, 0.2) is 0 Å². The smallest absolute Gasteiger partial charge is 0.348 e. The van der Waals surface area contributed by atoms with Crippen molar-refractivity contribution in [1.82, 2.24) is 10.6 Å². The average Bonchev–Trinajstić information content (AvgIpc) is 3.12. The van der Waals surface area contributed by atoms with E-state index in [1.165, 1.54) is 5.56 Å². The van der Waals surface area contributed by atoms with Gasteiger partial charge in [-0.25, -0.2) is 0 Å². The molecule has 0 aromatic heterocycles. The maximum atomic E-state index is 12.9. The van der Waals surface area contributed by atoms with Crippen LogP contribution in [0, 0.1) is 0 Å². The van der Waals surface area contributed by atoms with Gasteiger partial charge in [-0.1, -0.05) is 30.3 Å². The Balaban J connectivity index is 1.59. The topological polar surface area (TPSA) is 41.1 Å². The van der Waals surface area contributed by atoms with E-state index >= 15 is 0 Å². The number of alkyl halides is 3. The van der Waals surface area contributed by atoms with Crippen LogP contribution >= 0.6 is 0 Å². The minimum atomic E-state index is -4.34. The van der Waals surface area contributed by atoms with Crippen LogP contribution in [0.15, 0.2) is 54.6 Å². The Bertz CT molecular complexity index is 1150. The number of fused-ring (bicyclic) bond motifs is 2. The molecule has 3 nitrogen and oxygen atoms in total. The van der Waals surface area contributed by atoms with Crippen LogP contribution in [0.3, 0.4) is 0 Å². The fraction of sp³-hybridized carbons (Fsp3) is 0.208. The van der Waals surface area contributed by atoms with Crippen molar-refractivity contribution in [2.24, 2.45) is 0 Å². The van der Waals surface area contributed by atoms with Gasteiger partial charge in [0.25, 0.3) is 5.91 Å². The minimum absolute atomic E-state index is 0.0436. The molecule has 3 aromatic rings. The molecule has 5 rings (SSSR count). The van der Waals surface area contributed by atoms with Crippen molar-refractivity contribution in [2.75, 3.05) is 6.54 Å². The van der Waals surface area contributed by atoms with E-state index in [9.17, 15) is 18.0 Å². The van der Waals surface area contributed by atoms with Gasteiger partial charge in [0.1, 0.15) is 0 Å². The first-order chi connectivity index (χ1) is 14.4. The summed E-state index contributed by atoms with van der Waals surface area (Å²) >= 11 is 0. The Morgan fingerprint density at radius 3 is 2.17 bits per heavy atom. The van der Waals surface area contributed by atoms with E-state index in [1.54, 1.807) is 12.1 Å². The lowest BCUT2D eigenvalue weighted by Crippen LogP contribution is -2.24. The third kappa shape index (κ3) is 3.17. The SMILES string of the molecule is O=C1NCc2cc(-c3ccc(-c4ccc(C(F)(F)F)cc4)c4c3CNCC4)ccc21. The number of carbonyl (C=O) groups is 1. The van der Waals surface area contributed by atoms with Crippen molar-refractivity contribution < 1.29 is 18.0 Å². The number of halogens is 3. The molecule has 152 valence electrons. The molecule has 2 aliphatic heterocycles. The van der Waals surface area contributed by atoms with Gasteiger partial charge in [-0.05, 0) is 76.2 Å². The van der Waals surface area contributed by atoms with Crippen molar-refractivity contribution in [3.05, 3.63) is 82.4 Å². The molecule has 0 radical (unpaired) electrons. The van der Waals surface area contributed by atoms with Gasteiger partial charge in [0.2, 0.25) is 0 Å². The van der Waals surface area contributed by atoms with Gasteiger partial charge in [-0.3, -0.25) is 4.79 Å². The Hall–Kier alpha value is -3.12. The van der Waals surface area contributed by atoms with Crippen LogP contribution < -0.4 is 10.6 Å². The molecule has 0 bridgehead atoms. The van der Waals surface area contributed by atoms with Gasteiger partial charge in [-0.2, -0.15) is 13.2 Å². The Morgan fingerprint density at radius 2 is 1.43 bits per heavy atom. The summed E-state index contributed by atoms with van der Waals surface area (Å²) in [7, 11) is 0. The molecule has 0 saturated heterocycles. The van der Waals surface area contributed by atoms with E-state index in [-0.39, 0.29) is 5.91 Å². The molecular weight excluding hydrogens is 389 g/mol. The zero-order chi connectivity index (χ0) is 20.9. The van der Waals surface area contributed by atoms with Crippen LogP contribution in [-0.2, 0) is 25.7 Å². The number of nitrogens with one attached hydrogen (secondary N) is 2. The zero-order valence-electron chi connectivity index (χ0n) is 16.1. The second-order valence-electron chi connectivity index (χ2n) is 7.67. The second kappa shape index (κ2) is 6.99. The predicted molar refractivity (Wildman–Crippen MR) is 109 cm³/mol. The van der Waals surface area contributed by atoms with Crippen molar-refractivity contribution in [1.29, 1.82) is 0 Å². The standard InChI is InChI=1S/C24H19F3N2O/c25-24(26,27)17-4-1-14(2-5-17)18-7-8-19(22-13-28-10-9-21(18)22)15-3-6-20-16(11-15)12-29-23(20)30/h1-8,11,28H,9-10,12-13H2,(H,29,30). The highest BCUT2D eigenvalue weighted by Gasteiger charge is 2.30. The summed E-state index contributed by atoms with van der Waals surface area (Å²) in [6, 6.07) is 15.3. The molecule has 0 atom stereocenters. The van der Waals surface area contributed by atoms with Gasteiger partial charge < -0.3 is 10.6 Å². The maximum Gasteiger partial charge on any atom is 0.416 e. The van der Waals surface area contributed by atoms with E-state index in [1.807, 2.05) is 24.3 Å². The van der Waals surface area contributed by atoms with Crippen LogP contribution in [0.25, 0.3) is 22.3 Å². The number of hydrogen-bond donors (Lipinski definition) is 2. The first-order valence-corrected chi connectivity index (χ1v) is 9.86. The molecule has 0 fully saturated rings. The molecule has 0 aliphatic carbocycles. The Morgan fingerprint density at radius 1 is 0.767 bits per heavy atom. The molecule has 0 spiro atoms. The summed E-state index contributed by atoms with van der Waals surface area (Å²) in [6.07, 6.45) is -3.53. The summed E-state index contributed by atoms with van der Waals surface area (Å²) in [5.41, 5.74) is 7.29. The van der Waals surface area contributed by atoms with Crippen molar-refractivity contribution in [2.45, 2.75) is 25.7 Å². The first kappa shape index (κ1) is 18.9. The highest BCUT2D eigenvalue weighted by Crippen LogP contribution is 2.37. The lowest BCUT2D eigenvalue weighted by atomic mass is 9.85. The quantitative estimate of drug-likeness (QED) is 0.632. The largest absolute Gasteiger partial charge is 0.416 e. The summed E-state index contributed by atoms with van der Waals surface area (Å²) in [4.78, 5) is 11.8. The van der Waals surface area contributed by atoms with Crippen LogP contribution in [0.1, 0.15) is 32.6 Å². The molecule has 6 heteroatoms. The maximum absolute atomic E-state index is 12.9. The summed E-state index contributed by atoms with van der Waals surface area (Å²) in [6.45, 7) is 2.06. The van der Waals surface area contributed by atoms with E-state index < -0.39 is 11.7 Å². The number of amides is 1. The zero-order valence-corrected chi connectivity index (χ0v) is 16.1. The molecule has 2 heterocycles. The molecule has 0 unspecified atom stereocenters. The summed E-state index contributed by atoms with van der Waals surface area (Å²) in [5.74, 6) is -0.0436. The molecule has 2 N–H and O–H groups in total. The highest BCUT2D eigenvalue weighted by molar-refractivity contribution is 5.99. The van der Waals surface area contributed by atoms with Crippen LogP contribution in [-0.4, -0.2) is 12.5 Å². The Kier molecular flexibility index (Phi) is 4.40. The monoisotopic (exact) mass is 408 g/mol. The molecule has 1 amide bonds. The number of benzene rings is 3. The van der Waals surface area contributed by atoms with E-state index in [0.29, 0.717) is 18.7 Å². The minimum Gasteiger partial charge on any atom is -0.348 e. The van der Waals surface area contributed by atoms with Crippen molar-refractivity contribution in [3.8, 4) is 22.3 Å². The predicted octanol–water partition coefficient (Wildman–Crippen LogP) is 4.93. The average molecular weight is 408 g/mol. The number of carbonyl (C=O) groups excluding carboxylic acids is 1. The second-order valence-corrected chi connectivity index (χ2v) is 7.67. The van der Waals surface area contributed by atoms with Crippen molar-refractivity contribution >= 4 is 5.91 Å². The van der Waals surface area contributed by atoms with Crippen LogP contribution in [0.2, 0.25) is 0 Å². The van der Waals surface area contributed by atoms with E-state index in [2.05, 4.69) is 16.7 Å². The molecule has 30 heavy (non-hydrogen) atoms.